The van der Waals surface area contributed by atoms with E-state index in [1.165, 1.54) is 6.07 Å². The Bertz CT molecular complexity index is 1300. The fraction of sp³-hybridized carbons (Fsp3) is 0.424. The lowest BCUT2D eigenvalue weighted by atomic mass is 9.86. The van der Waals surface area contributed by atoms with Gasteiger partial charge in [-0.2, -0.15) is 0 Å². The number of rotatable bonds is 10. The Hall–Kier alpha value is -3.13. The standard InChI is InChI=1S/C33H40ClFN4O2/c1-41-32-13-7-3-8-25(32)22-36-33(40)15-14-27-24-37(23-26-9-2-4-10-28(26)34)17-16-30(27)38-18-20-39(21-19-38)31-12-6-5-11-29(31)35/h2-13,27,30H,14-24H2,1H3,(H,36,40)/t27-,30+/m1/s1. The molecule has 1 amide bonds. The number of piperidine rings is 1. The van der Waals surface area contributed by atoms with Crippen LogP contribution in [-0.4, -0.2) is 68.1 Å². The van der Waals surface area contributed by atoms with Gasteiger partial charge in [-0.3, -0.25) is 14.6 Å². The lowest BCUT2D eigenvalue weighted by Crippen LogP contribution is -2.56. The Labute approximate surface area is 248 Å². The van der Waals surface area contributed by atoms with Gasteiger partial charge in [0.15, 0.2) is 0 Å². The van der Waals surface area contributed by atoms with Gasteiger partial charge in [-0.15, -0.1) is 0 Å². The van der Waals surface area contributed by atoms with Crippen molar-refractivity contribution in [2.45, 2.75) is 38.4 Å². The quantitative estimate of drug-likeness (QED) is 0.339. The Morgan fingerprint density at radius 2 is 1.66 bits per heavy atom. The molecule has 3 aromatic rings. The first-order valence-electron chi connectivity index (χ1n) is 14.6. The molecule has 2 aliphatic heterocycles. The van der Waals surface area contributed by atoms with Gasteiger partial charge in [0.25, 0.3) is 0 Å². The Morgan fingerprint density at radius 1 is 0.951 bits per heavy atom. The van der Waals surface area contributed by atoms with Crippen molar-refractivity contribution in [1.29, 1.82) is 0 Å². The Balaban J connectivity index is 1.21. The van der Waals surface area contributed by atoms with Crippen molar-refractivity contribution in [3.8, 4) is 5.75 Å². The van der Waals surface area contributed by atoms with Gasteiger partial charge < -0.3 is 15.0 Å². The van der Waals surface area contributed by atoms with E-state index >= 15 is 0 Å². The summed E-state index contributed by atoms with van der Waals surface area (Å²) in [4.78, 5) is 20.2. The molecule has 0 unspecified atom stereocenters. The highest BCUT2D eigenvalue weighted by molar-refractivity contribution is 6.31. The molecule has 2 saturated heterocycles. The molecule has 218 valence electrons. The summed E-state index contributed by atoms with van der Waals surface area (Å²) < 4.78 is 19.8. The summed E-state index contributed by atoms with van der Waals surface area (Å²) in [6.45, 7) is 6.54. The zero-order valence-corrected chi connectivity index (χ0v) is 24.5. The summed E-state index contributed by atoms with van der Waals surface area (Å²) in [5, 5.41) is 3.89. The number of ether oxygens (including phenoxy) is 1. The highest BCUT2D eigenvalue weighted by Crippen LogP contribution is 2.30. The molecule has 2 fully saturated rings. The molecule has 0 saturated carbocycles. The number of methoxy groups -OCH3 is 1. The maximum absolute atomic E-state index is 14.4. The van der Waals surface area contributed by atoms with Crippen LogP contribution in [0.15, 0.2) is 72.8 Å². The average Bonchev–Trinajstić information content (AvgIpc) is 3.01. The normalized spacial score (nSPS) is 20.1. The van der Waals surface area contributed by atoms with Gasteiger partial charge in [0.1, 0.15) is 11.6 Å². The summed E-state index contributed by atoms with van der Waals surface area (Å²) in [6.07, 6.45) is 2.33. The number of hydrogen-bond donors (Lipinski definition) is 1. The topological polar surface area (TPSA) is 48.1 Å². The van der Waals surface area contributed by atoms with Crippen LogP contribution in [0, 0.1) is 11.7 Å². The van der Waals surface area contributed by atoms with E-state index in [0.29, 0.717) is 30.6 Å². The highest BCUT2D eigenvalue weighted by atomic mass is 35.5. The molecule has 0 aromatic heterocycles. The number of carbonyl (C=O) groups excluding carboxylic acids is 1. The molecule has 2 heterocycles. The molecule has 0 bridgehead atoms. The van der Waals surface area contributed by atoms with Gasteiger partial charge in [0, 0.05) is 68.9 Å². The van der Waals surface area contributed by atoms with Crippen LogP contribution in [0.1, 0.15) is 30.4 Å². The summed E-state index contributed by atoms with van der Waals surface area (Å²) in [5.41, 5.74) is 2.79. The lowest BCUT2D eigenvalue weighted by Gasteiger charge is -2.47. The van der Waals surface area contributed by atoms with Gasteiger partial charge in [0.2, 0.25) is 5.91 Å². The van der Waals surface area contributed by atoms with E-state index in [1.54, 1.807) is 13.2 Å². The molecule has 0 radical (unpaired) electrons. The third-order valence-electron chi connectivity index (χ3n) is 8.52. The third-order valence-corrected chi connectivity index (χ3v) is 8.89. The molecule has 5 rings (SSSR count). The molecule has 41 heavy (non-hydrogen) atoms. The second-order valence-electron chi connectivity index (χ2n) is 11.0. The van der Waals surface area contributed by atoms with Crippen LogP contribution in [0.2, 0.25) is 5.02 Å². The largest absolute Gasteiger partial charge is 0.496 e. The molecule has 6 nitrogen and oxygen atoms in total. The van der Waals surface area contributed by atoms with Crippen molar-refractivity contribution in [3.63, 3.8) is 0 Å². The van der Waals surface area contributed by atoms with E-state index in [9.17, 15) is 9.18 Å². The summed E-state index contributed by atoms with van der Waals surface area (Å²) in [6, 6.07) is 23.2. The van der Waals surface area contributed by atoms with Crippen LogP contribution < -0.4 is 15.0 Å². The summed E-state index contributed by atoms with van der Waals surface area (Å²) >= 11 is 6.49. The first-order chi connectivity index (χ1) is 20.0. The number of carbonyl (C=O) groups is 1. The van der Waals surface area contributed by atoms with Gasteiger partial charge in [-0.05, 0) is 55.1 Å². The molecule has 8 heteroatoms. The second-order valence-corrected chi connectivity index (χ2v) is 11.5. The number of hydrogen-bond acceptors (Lipinski definition) is 5. The number of likely N-dealkylation sites (tertiary alicyclic amines) is 1. The van der Waals surface area contributed by atoms with Crippen LogP contribution in [-0.2, 0) is 17.9 Å². The molecule has 0 aliphatic carbocycles. The third kappa shape index (κ3) is 7.59. The van der Waals surface area contributed by atoms with E-state index in [2.05, 4.69) is 26.1 Å². The number of para-hydroxylation sites is 2. The zero-order valence-electron chi connectivity index (χ0n) is 23.8. The number of halogens is 2. The second kappa shape index (κ2) is 14.2. The zero-order chi connectivity index (χ0) is 28.6. The Morgan fingerprint density at radius 3 is 2.41 bits per heavy atom. The predicted octanol–water partition coefficient (Wildman–Crippen LogP) is 5.60. The first-order valence-corrected chi connectivity index (χ1v) is 15.0. The predicted molar refractivity (Wildman–Crippen MR) is 163 cm³/mol. The van der Waals surface area contributed by atoms with Gasteiger partial charge in [-0.1, -0.05) is 60.1 Å². The maximum atomic E-state index is 14.4. The van der Waals surface area contributed by atoms with Crippen molar-refractivity contribution in [3.05, 3.63) is 94.8 Å². The molecule has 2 atom stereocenters. The molecule has 0 spiro atoms. The van der Waals surface area contributed by atoms with E-state index in [1.807, 2.05) is 54.6 Å². The number of piperazine rings is 1. The number of amides is 1. The number of anilines is 1. The lowest BCUT2D eigenvalue weighted by molar-refractivity contribution is -0.121. The van der Waals surface area contributed by atoms with Crippen LogP contribution in [0.3, 0.4) is 0 Å². The monoisotopic (exact) mass is 578 g/mol. The molecular weight excluding hydrogens is 539 g/mol. The number of nitrogens with zero attached hydrogens (tertiary/aromatic N) is 3. The first kappa shape index (κ1) is 29.4. The van der Waals surface area contributed by atoms with E-state index in [4.69, 9.17) is 16.3 Å². The molecule has 2 aliphatic rings. The van der Waals surface area contributed by atoms with Crippen molar-refractivity contribution < 1.29 is 13.9 Å². The van der Waals surface area contributed by atoms with E-state index < -0.39 is 0 Å². The number of benzene rings is 3. The minimum Gasteiger partial charge on any atom is -0.496 e. The molecule has 1 N–H and O–H groups in total. The van der Waals surface area contributed by atoms with Crippen molar-refractivity contribution in [2.24, 2.45) is 5.92 Å². The fourth-order valence-electron chi connectivity index (χ4n) is 6.32. The van der Waals surface area contributed by atoms with E-state index in [0.717, 1.165) is 80.6 Å². The van der Waals surface area contributed by atoms with Crippen LogP contribution in [0.4, 0.5) is 10.1 Å². The van der Waals surface area contributed by atoms with E-state index in [-0.39, 0.29) is 11.7 Å². The SMILES string of the molecule is COc1ccccc1CNC(=O)CC[C@@H]1CN(Cc2ccccc2Cl)CC[C@@H]1N1CCN(c2ccccc2F)CC1. The minimum absolute atomic E-state index is 0.0576. The van der Waals surface area contributed by atoms with Gasteiger partial charge >= 0.3 is 0 Å². The highest BCUT2D eigenvalue weighted by Gasteiger charge is 2.35. The van der Waals surface area contributed by atoms with Crippen LogP contribution in [0.25, 0.3) is 0 Å². The van der Waals surface area contributed by atoms with Crippen molar-refractivity contribution >= 4 is 23.2 Å². The number of nitrogens with one attached hydrogen (secondary N) is 1. The van der Waals surface area contributed by atoms with Gasteiger partial charge in [-0.25, -0.2) is 4.39 Å². The maximum Gasteiger partial charge on any atom is 0.220 e. The molecular formula is C33H40ClFN4O2. The van der Waals surface area contributed by atoms with Gasteiger partial charge in [0.05, 0.1) is 12.8 Å². The average molecular weight is 579 g/mol. The smallest absolute Gasteiger partial charge is 0.220 e. The fourth-order valence-corrected chi connectivity index (χ4v) is 6.52. The van der Waals surface area contributed by atoms with Crippen LogP contribution in [0.5, 0.6) is 5.75 Å². The summed E-state index contributed by atoms with van der Waals surface area (Å²) in [7, 11) is 1.65. The molecule has 3 aromatic carbocycles. The minimum atomic E-state index is -0.161. The summed E-state index contributed by atoms with van der Waals surface area (Å²) in [5.74, 6) is 1.03. The Kier molecular flexibility index (Phi) is 10.1. The van der Waals surface area contributed by atoms with Crippen molar-refractivity contribution in [2.75, 3.05) is 51.3 Å². The van der Waals surface area contributed by atoms with Crippen molar-refractivity contribution in [1.82, 2.24) is 15.1 Å². The van der Waals surface area contributed by atoms with Crippen LogP contribution >= 0.6 is 11.6 Å².